The van der Waals surface area contributed by atoms with E-state index < -0.39 is 17.7 Å². The van der Waals surface area contributed by atoms with Crippen molar-refractivity contribution in [1.82, 2.24) is 5.32 Å². The topological polar surface area (TPSA) is 92.3 Å². The van der Waals surface area contributed by atoms with Gasteiger partial charge in [-0.15, -0.1) is 0 Å². The van der Waals surface area contributed by atoms with E-state index in [0.29, 0.717) is 26.1 Å². The molecule has 0 fully saturated rings. The van der Waals surface area contributed by atoms with Crippen LogP contribution in [-0.4, -0.2) is 44.1 Å². The van der Waals surface area contributed by atoms with Crippen molar-refractivity contribution < 1.29 is 33.3 Å². The fraction of sp³-hybridized carbons (Fsp3) is 0.421. The molecule has 0 saturated heterocycles. The number of aryl methyl sites for hydroxylation is 1. The van der Waals surface area contributed by atoms with Crippen LogP contribution in [0.25, 0.3) is 0 Å². The Morgan fingerprint density at radius 2 is 1.43 bits per heavy atom. The average Bonchev–Trinajstić information content (AvgIpc) is 3.03. The van der Waals surface area contributed by atoms with Crippen LogP contribution in [0.4, 0.5) is 4.79 Å². The lowest BCUT2D eigenvalue weighted by molar-refractivity contribution is -0.136. The normalized spacial score (nSPS) is 13.8. The van der Waals surface area contributed by atoms with Gasteiger partial charge in [-0.1, -0.05) is 78.4 Å². The van der Waals surface area contributed by atoms with E-state index in [1.54, 1.807) is 34.0 Å². The molecule has 1 N–H and O–H groups in total. The van der Waals surface area contributed by atoms with Crippen molar-refractivity contribution in [1.29, 1.82) is 0 Å². The molecule has 46 heavy (non-hydrogen) atoms. The van der Waals surface area contributed by atoms with Gasteiger partial charge in [-0.05, 0) is 88.6 Å². The van der Waals surface area contributed by atoms with Gasteiger partial charge in [0.1, 0.15) is 17.0 Å². The van der Waals surface area contributed by atoms with E-state index in [0.717, 1.165) is 23.3 Å². The number of ether oxygens (including phenoxy) is 5. The fourth-order valence-electron chi connectivity index (χ4n) is 5.03. The minimum atomic E-state index is -0.718. The Hall–Kier alpha value is -4.14. The van der Waals surface area contributed by atoms with Gasteiger partial charge in [0, 0.05) is 0 Å². The summed E-state index contributed by atoms with van der Waals surface area (Å²) in [5, 5.41) is 2.56. The van der Waals surface area contributed by atoms with E-state index >= 15 is 0 Å². The average molecular weight is 632 g/mol. The van der Waals surface area contributed by atoms with Gasteiger partial charge in [0.25, 0.3) is 0 Å². The molecule has 8 heteroatoms. The highest BCUT2D eigenvalue weighted by Crippen LogP contribution is 2.27. The van der Waals surface area contributed by atoms with Crippen molar-refractivity contribution in [3.8, 4) is 5.75 Å². The van der Waals surface area contributed by atoms with Gasteiger partial charge in [0.2, 0.25) is 0 Å². The molecule has 3 unspecified atom stereocenters. The van der Waals surface area contributed by atoms with Gasteiger partial charge in [-0.25, -0.2) is 9.59 Å². The summed E-state index contributed by atoms with van der Waals surface area (Å²) in [7, 11) is 2.93. The van der Waals surface area contributed by atoms with E-state index in [2.05, 4.69) is 36.5 Å². The van der Waals surface area contributed by atoms with Gasteiger partial charge in [0.15, 0.2) is 0 Å². The molecule has 0 aliphatic carbocycles. The summed E-state index contributed by atoms with van der Waals surface area (Å²) >= 11 is 0. The second-order valence-corrected chi connectivity index (χ2v) is 12.4. The number of hydrogen-bond acceptors (Lipinski definition) is 7. The van der Waals surface area contributed by atoms with Crippen LogP contribution in [0.15, 0.2) is 90.6 Å². The molecule has 0 aliphatic heterocycles. The SMILES string of the molecule is COC(=O)/C(=C/CCC(Cc1ccc(C)cc1)C(OCc1ccccc1)C(C)OCc1ccc(OC)cc1)NC(=O)OC(C)(C)C. The third-order valence-corrected chi connectivity index (χ3v) is 7.43. The maximum atomic E-state index is 12.6. The number of amides is 1. The number of hydrogen-bond donors (Lipinski definition) is 1. The monoisotopic (exact) mass is 631 g/mol. The first-order chi connectivity index (χ1) is 22.0. The number of carbonyl (C=O) groups excluding carboxylic acids is 2. The van der Waals surface area contributed by atoms with Crippen LogP contribution < -0.4 is 10.1 Å². The molecule has 8 nitrogen and oxygen atoms in total. The van der Waals surface area contributed by atoms with E-state index in [9.17, 15) is 9.59 Å². The van der Waals surface area contributed by atoms with Gasteiger partial charge >= 0.3 is 12.1 Å². The number of carbonyl (C=O) groups is 2. The predicted molar refractivity (Wildman–Crippen MR) is 179 cm³/mol. The van der Waals surface area contributed by atoms with Crippen molar-refractivity contribution >= 4 is 12.1 Å². The Labute approximate surface area is 274 Å². The van der Waals surface area contributed by atoms with Crippen LogP contribution in [0, 0.1) is 12.8 Å². The summed E-state index contributed by atoms with van der Waals surface area (Å²) in [6.45, 7) is 10.2. The van der Waals surface area contributed by atoms with E-state index in [1.165, 1.54) is 18.2 Å². The van der Waals surface area contributed by atoms with Crippen molar-refractivity contribution in [3.63, 3.8) is 0 Å². The summed E-state index contributed by atoms with van der Waals surface area (Å²) in [6.07, 6.45) is 2.29. The number of methoxy groups -OCH3 is 2. The first-order valence-electron chi connectivity index (χ1n) is 15.7. The van der Waals surface area contributed by atoms with Crippen LogP contribution in [0.2, 0.25) is 0 Å². The maximum Gasteiger partial charge on any atom is 0.412 e. The molecule has 3 aromatic rings. The van der Waals surface area contributed by atoms with Gasteiger partial charge in [0.05, 0.1) is 39.6 Å². The lowest BCUT2D eigenvalue weighted by Crippen LogP contribution is -2.37. The third-order valence-electron chi connectivity index (χ3n) is 7.43. The van der Waals surface area contributed by atoms with Crippen LogP contribution in [0.3, 0.4) is 0 Å². The molecule has 0 bridgehead atoms. The molecule has 248 valence electrons. The van der Waals surface area contributed by atoms with Crippen molar-refractivity contribution in [2.24, 2.45) is 5.92 Å². The maximum absolute atomic E-state index is 12.6. The first kappa shape index (κ1) is 36.3. The zero-order valence-electron chi connectivity index (χ0n) is 28.2. The number of alkyl carbamates (subject to hydrolysis) is 1. The molecule has 3 aromatic carbocycles. The zero-order valence-corrected chi connectivity index (χ0v) is 28.2. The zero-order chi connectivity index (χ0) is 33.5. The lowest BCUT2D eigenvalue weighted by Gasteiger charge is -2.32. The molecule has 0 aromatic heterocycles. The van der Waals surface area contributed by atoms with Crippen LogP contribution in [0.1, 0.15) is 62.8 Å². The van der Waals surface area contributed by atoms with Crippen LogP contribution in [0.5, 0.6) is 5.75 Å². The number of nitrogens with one attached hydrogen (secondary N) is 1. The Kier molecular flexibility index (Phi) is 14.3. The van der Waals surface area contributed by atoms with Crippen LogP contribution >= 0.6 is 0 Å². The molecule has 0 heterocycles. The minimum Gasteiger partial charge on any atom is -0.497 e. The Morgan fingerprint density at radius 3 is 2.04 bits per heavy atom. The molecule has 1 amide bonds. The summed E-state index contributed by atoms with van der Waals surface area (Å²) < 4.78 is 28.7. The molecule has 0 spiro atoms. The van der Waals surface area contributed by atoms with Crippen molar-refractivity contribution in [2.45, 2.75) is 84.9 Å². The minimum absolute atomic E-state index is 0.00830. The van der Waals surface area contributed by atoms with E-state index in [-0.39, 0.29) is 23.8 Å². The highest BCUT2D eigenvalue weighted by atomic mass is 16.6. The smallest absolute Gasteiger partial charge is 0.412 e. The van der Waals surface area contributed by atoms with Crippen molar-refractivity contribution in [3.05, 3.63) is 113 Å². The predicted octanol–water partition coefficient (Wildman–Crippen LogP) is 7.71. The quantitative estimate of drug-likeness (QED) is 0.128. The molecular weight excluding hydrogens is 582 g/mol. The van der Waals surface area contributed by atoms with Gasteiger partial charge < -0.3 is 23.7 Å². The Balaban J connectivity index is 1.87. The van der Waals surface area contributed by atoms with Crippen LogP contribution in [-0.2, 0) is 43.4 Å². The third kappa shape index (κ3) is 12.7. The Bertz CT molecular complexity index is 1380. The summed E-state index contributed by atoms with van der Waals surface area (Å²) in [5.74, 6) is 0.155. The standard InChI is InChI=1S/C38H49NO7/c1-27-16-18-29(19-17-27)24-32(14-11-15-34(36(40)43-7)39-37(41)46-38(3,4)5)35(45-26-30-12-9-8-10-13-30)28(2)44-25-31-20-22-33(42-6)23-21-31/h8-10,12-13,15-23,28,32,35H,11,14,24-26H2,1-7H3,(H,39,41)/b34-15-. The Morgan fingerprint density at radius 1 is 0.826 bits per heavy atom. The summed E-state index contributed by atoms with van der Waals surface area (Å²) in [5.41, 5.74) is 3.79. The molecule has 0 aliphatic rings. The van der Waals surface area contributed by atoms with Crippen molar-refractivity contribution in [2.75, 3.05) is 14.2 Å². The molecule has 0 saturated carbocycles. The number of allylic oxidation sites excluding steroid dienone is 1. The number of rotatable bonds is 16. The summed E-state index contributed by atoms with van der Waals surface area (Å²) in [4.78, 5) is 25.0. The van der Waals surface area contributed by atoms with E-state index in [4.69, 9.17) is 23.7 Å². The highest BCUT2D eigenvalue weighted by Gasteiger charge is 2.29. The first-order valence-corrected chi connectivity index (χ1v) is 15.7. The van der Waals surface area contributed by atoms with Gasteiger partial charge in [-0.3, -0.25) is 5.32 Å². The fourth-order valence-corrected chi connectivity index (χ4v) is 5.03. The molecule has 0 radical (unpaired) electrons. The number of esters is 1. The second-order valence-electron chi connectivity index (χ2n) is 12.4. The summed E-state index contributed by atoms with van der Waals surface area (Å²) in [6, 6.07) is 26.4. The highest BCUT2D eigenvalue weighted by molar-refractivity contribution is 5.92. The number of benzene rings is 3. The largest absolute Gasteiger partial charge is 0.497 e. The molecule has 3 rings (SSSR count). The second kappa shape index (κ2) is 18.1. The molecule has 3 atom stereocenters. The lowest BCUT2D eigenvalue weighted by atomic mass is 9.87. The molecular formula is C38H49NO7. The van der Waals surface area contributed by atoms with E-state index in [1.807, 2.05) is 61.5 Å². The van der Waals surface area contributed by atoms with Gasteiger partial charge in [-0.2, -0.15) is 0 Å².